The molecule has 1 unspecified atom stereocenters. The Bertz CT molecular complexity index is 3580. The van der Waals surface area contributed by atoms with E-state index in [-0.39, 0.29) is 6.04 Å². The lowest BCUT2D eigenvalue weighted by Gasteiger charge is -2.19. The normalized spacial score (nSPS) is 11.7. The van der Waals surface area contributed by atoms with E-state index in [1.807, 2.05) is 50.2 Å². The molecule has 0 aliphatic heterocycles. The van der Waals surface area contributed by atoms with Crippen molar-refractivity contribution in [1.82, 2.24) is 9.88 Å². The Balaban J connectivity index is 0.000000600. The molecule has 1 heterocycles. The molecule has 11 aromatic rings. The zero-order valence-corrected chi connectivity index (χ0v) is 40.5. The van der Waals surface area contributed by atoms with E-state index in [0.717, 1.165) is 22.6 Å². The molecule has 11 rings (SSSR count). The molecule has 1 atom stereocenters. The molecule has 0 amide bonds. The van der Waals surface area contributed by atoms with Gasteiger partial charge in [-0.3, -0.25) is 0 Å². The lowest BCUT2D eigenvalue weighted by Crippen LogP contribution is -2.27. The monoisotopic (exact) mass is 893 g/mol. The Labute approximate surface area is 407 Å². The van der Waals surface area contributed by atoms with Crippen LogP contribution in [0.5, 0.6) is 0 Å². The summed E-state index contributed by atoms with van der Waals surface area (Å²) in [4.78, 5) is 5.15. The second-order valence-corrected chi connectivity index (χ2v) is 17.5. The highest BCUT2D eigenvalue weighted by molar-refractivity contribution is 6.25. The molecule has 1 aromatic heterocycles. The second kappa shape index (κ2) is 20.7. The van der Waals surface area contributed by atoms with Crippen molar-refractivity contribution in [3.63, 3.8) is 0 Å². The Morgan fingerprint density at radius 2 is 1.07 bits per heavy atom. The third-order valence-electron chi connectivity index (χ3n) is 13.0. The maximum absolute atomic E-state index is 5.15. The highest BCUT2D eigenvalue weighted by atomic mass is 15.0. The molecule has 0 aliphatic carbocycles. The van der Waals surface area contributed by atoms with Crippen molar-refractivity contribution in [2.45, 2.75) is 47.6 Å². The van der Waals surface area contributed by atoms with E-state index in [9.17, 15) is 0 Å². The van der Waals surface area contributed by atoms with Crippen LogP contribution >= 0.6 is 0 Å². The van der Waals surface area contributed by atoms with E-state index < -0.39 is 0 Å². The minimum Gasteiger partial charge on any atom is -0.363 e. The summed E-state index contributed by atoms with van der Waals surface area (Å²) in [5.74, 6) is 0.773. The van der Waals surface area contributed by atoms with Gasteiger partial charge in [0.05, 0.1) is 16.7 Å². The summed E-state index contributed by atoms with van der Waals surface area (Å²) < 4.78 is 2.51. The Hall–Kier alpha value is -8.27. The summed E-state index contributed by atoms with van der Waals surface area (Å²) >= 11 is 0. The first-order chi connectivity index (χ1) is 33.8. The van der Waals surface area contributed by atoms with Crippen molar-refractivity contribution < 1.29 is 0 Å². The van der Waals surface area contributed by atoms with Gasteiger partial charge in [-0.15, -0.1) is 0 Å². The number of rotatable bonds is 8. The molecule has 0 radical (unpaired) electrons. The van der Waals surface area contributed by atoms with Crippen molar-refractivity contribution in [3.8, 4) is 27.9 Å². The van der Waals surface area contributed by atoms with E-state index in [2.05, 4.69) is 232 Å². The lowest BCUT2D eigenvalue weighted by atomic mass is 9.90. The number of aryl methyl sites for hydroxylation is 3. The summed E-state index contributed by atoms with van der Waals surface area (Å²) in [5, 5.41) is 11.1. The number of amidine groups is 1. The standard InChI is InChI=1S/C57H45N3.C7H8.C2H6/c1-37-17-11-14-24-48(37)52-36-46(28-27-38(52)2)54-49-25-15-13-23-45(49)35-53-51-34-31-43-22-12-16-26-50(43)55(51)60(56(53)54)47-32-29-44(30-33-47)57(58-39(3)41-18-7-5-8-19-41)59-40(4)42-20-9-6-10-21-42;1-7-5-3-2-4-6-7;1-2/h5-36,40H,3H2,1-2,4H3,(H,58,59);2-6H,1H3;1-2H3. The van der Waals surface area contributed by atoms with Crippen LogP contribution in [0.1, 0.15) is 60.2 Å². The molecule has 3 heteroatoms. The van der Waals surface area contributed by atoms with E-state index >= 15 is 0 Å². The van der Waals surface area contributed by atoms with Crippen molar-refractivity contribution in [1.29, 1.82) is 0 Å². The summed E-state index contributed by atoms with van der Waals surface area (Å²) in [5.41, 5.74) is 16.1. The first kappa shape index (κ1) is 45.9. The molecular weight excluding hydrogens is 835 g/mol. The van der Waals surface area contributed by atoms with Gasteiger partial charge in [0.1, 0.15) is 5.84 Å². The van der Waals surface area contributed by atoms with E-state index in [4.69, 9.17) is 4.99 Å². The van der Waals surface area contributed by atoms with E-state index in [0.29, 0.717) is 5.70 Å². The molecule has 0 saturated heterocycles. The van der Waals surface area contributed by atoms with Gasteiger partial charge in [-0.05, 0) is 119 Å². The fourth-order valence-electron chi connectivity index (χ4n) is 9.44. The average Bonchev–Trinajstić information content (AvgIpc) is 3.74. The van der Waals surface area contributed by atoms with Gasteiger partial charge >= 0.3 is 0 Å². The van der Waals surface area contributed by atoms with Crippen LogP contribution < -0.4 is 5.32 Å². The van der Waals surface area contributed by atoms with Gasteiger partial charge in [0, 0.05) is 39.0 Å². The lowest BCUT2D eigenvalue weighted by molar-refractivity contribution is 0.717. The third kappa shape index (κ3) is 9.50. The summed E-state index contributed by atoms with van der Waals surface area (Å²) in [6, 6.07) is 80.1. The fourth-order valence-corrected chi connectivity index (χ4v) is 9.44. The van der Waals surface area contributed by atoms with Gasteiger partial charge < -0.3 is 9.88 Å². The SMILES string of the molecule is C=C(N=C(NC(C)c1ccccc1)c1ccc(-n2c3c(-c4ccc(C)c(-c5ccccc5C)c4)c4ccccc4cc3c3ccc4ccccc4c32)cc1)c1ccccc1.CC.Cc1ccccc1. The zero-order valence-electron chi connectivity index (χ0n) is 40.5. The van der Waals surface area contributed by atoms with Crippen LogP contribution in [0.25, 0.3) is 77.0 Å². The summed E-state index contributed by atoms with van der Waals surface area (Å²) in [7, 11) is 0. The third-order valence-corrected chi connectivity index (χ3v) is 13.0. The molecule has 0 spiro atoms. The predicted molar refractivity (Wildman–Crippen MR) is 299 cm³/mol. The molecule has 0 saturated carbocycles. The number of aromatic nitrogens is 1. The van der Waals surface area contributed by atoms with Crippen molar-refractivity contribution in [2.24, 2.45) is 4.99 Å². The summed E-state index contributed by atoms with van der Waals surface area (Å²) in [6.45, 7) is 17.1. The zero-order chi connectivity index (χ0) is 47.9. The molecule has 10 aromatic carbocycles. The Morgan fingerprint density at radius 3 is 1.75 bits per heavy atom. The first-order valence-corrected chi connectivity index (χ1v) is 24.1. The van der Waals surface area contributed by atoms with Gasteiger partial charge in [-0.2, -0.15) is 0 Å². The van der Waals surface area contributed by atoms with Gasteiger partial charge in [-0.1, -0.05) is 214 Å². The molecule has 0 aliphatic rings. The molecule has 0 bridgehead atoms. The number of benzene rings is 10. The molecule has 1 N–H and O–H groups in total. The fraction of sp³-hybridized carbons (Fsp3) is 0.106. The number of hydrogen-bond acceptors (Lipinski definition) is 1. The highest BCUT2D eigenvalue weighted by Crippen LogP contribution is 2.45. The van der Waals surface area contributed by atoms with Crippen LogP contribution in [0, 0.1) is 20.8 Å². The van der Waals surface area contributed by atoms with Crippen LogP contribution in [0.15, 0.2) is 236 Å². The van der Waals surface area contributed by atoms with Gasteiger partial charge in [0.25, 0.3) is 0 Å². The van der Waals surface area contributed by atoms with Crippen LogP contribution in [0.3, 0.4) is 0 Å². The van der Waals surface area contributed by atoms with Gasteiger partial charge in [0.2, 0.25) is 0 Å². The number of hydrogen-bond donors (Lipinski definition) is 1. The molecule has 3 nitrogen and oxygen atoms in total. The molecule has 0 fully saturated rings. The van der Waals surface area contributed by atoms with E-state index in [1.165, 1.54) is 87.9 Å². The summed E-state index contributed by atoms with van der Waals surface area (Å²) in [6.07, 6.45) is 0. The van der Waals surface area contributed by atoms with E-state index in [1.54, 1.807) is 0 Å². The Kier molecular flexibility index (Phi) is 13.8. The number of nitrogens with one attached hydrogen (secondary N) is 1. The van der Waals surface area contributed by atoms with Crippen molar-refractivity contribution >= 4 is 54.9 Å². The average molecular weight is 894 g/mol. The molecular formula is C66H59N3. The molecule has 338 valence electrons. The number of fused-ring (bicyclic) bond motifs is 6. The maximum Gasteiger partial charge on any atom is 0.134 e. The number of nitrogens with zero attached hydrogens (tertiary/aromatic N) is 2. The van der Waals surface area contributed by atoms with Crippen LogP contribution in [-0.2, 0) is 0 Å². The Morgan fingerprint density at radius 1 is 0.478 bits per heavy atom. The van der Waals surface area contributed by atoms with Crippen LogP contribution in [0.2, 0.25) is 0 Å². The van der Waals surface area contributed by atoms with Gasteiger partial charge in [-0.25, -0.2) is 4.99 Å². The topological polar surface area (TPSA) is 29.3 Å². The smallest absolute Gasteiger partial charge is 0.134 e. The van der Waals surface area contributed by atoms with Crippen molar-refractivity contribution in [2.75, 3.05) is 0 Å². The highest BCUT2D eigenvalue weighted by Gasteiger charge is 2.22. The minimum absolute atomic E-state index is 0.0202. The maximum atomic E-state index is 5.15. The van der Waals surface area contributed by atoms with Crippen LogP contribution in [-0.4, -0.2) is 10.4 Å². The van der Waals surface area contributed by atoms with Gasteiger partial charge in [0.15, 0.2) is 0 Å². The van der Waals surface area contributed by atoms with Crippen LogP contribution in [0.4, 0.5) is 0 Å². The van der Waals surface area contributed by atoms with Crippen molar-refractivity contribution in [3.05, 3.63) is 264 Å². The first-order valence-electron chi connectivity index (χ1n) is 24.1. The quantitative estimate of drug-likeness (QED) is 0.120. The predicted octanol–water partition coefficient (Wildman–Crippen LogP) is 17.8. The molecule has 69 heavy (non-hydrogen) atoms. The second-order valence-electron chi connectivity index (χ2n) is 17.5. The minimum atomic E-state index is 0.0202. The number of aliphatic imine (C=N–C) groups is 1. The largest absolute Gasteiger partial charge is 0.363 e.